The van der Waals surface area contributed by atoms with Crippen LogP contribution in [0.3, 0.4) is 0 Å². The van der Waals surface area contributed by atoms with Crippen molar-refractivity contribution in [3.05, 3.63) is 24.3 Å². The van der Waals surface area contributed by atoms with Crippen LogP contribution in [0.1, 0.15) is 19.8 Å². The minimum Gasteiger partial charge on any atom is -0.491 e. The highest BCUT2D eigenvalue weighted by Crippen LogP contribution is 2.19. The predicted molar refractivity (Wildman–Crippen MR) is 68.6 cm³/mol. The van der Waals surface area contributed by atoms with Gasteiger partial charge in [-0.05, 0) is 24.3 Å². The summed E-state index contributed by atoms with van der Waals surface area (Å²) in [6, 6.07) is 7.62. The van der Waals surface area contributed by atoms with Crippen molar-refractivity contribution in [2.45, 2.75) is 19.8 Å². The normalized spacial score (nSPS) is 10.2. The van der Waals surface area contributed by atoms with Crippen LogP contribution in [0.4, 0.5) is 5.69 Å². The van der Waals surface area contributed by atoms with E-state index in [0.717, 1.165) is 23.8 Å². The van der Waals surface area contributed by atoms with Gasteiger partial charge < -0.3 is 10.5 Å². The Kier molecular flexibility index (Phi) is 6.09. The zero-order valence-electron chi connectivity index (χ0n) is 9.24. The number of nitrogens with two attached hydrogens (primary N) is 1. The molecule has 84 valence electrons. The smallest absolute Gasteiger partial charge is 0.142 e. The van der Waals surface area contributed by atoms with Gasteiger partial charge >= 0.3 is 0 Å². The Balaban J connectivity index is 2.12. The van der Waals surface area contributed by atoms with E-state index in [4.69, 9.17) is 10.5 Å². The summed E-state index contributed by atoms with van der Waals surface area (Å²) in [7, 11) is 0. The highest BCUT2D eigenvalue weighted by molar-refractivity contribution is 7.99. The molecule has 0 aliphatic rings. The number of hydrogen-bond acceptors (Lipinski definition) is 3. The molecule has 0 aliphatic heterocycles. The molecular weight excluding hydrogens is 206 g/mol. The van der Waals surface area contributed by atoms with Crippen molar-refractivity contribution in [2.24, 2.45) is 0 Å². The maximum atomic E-state index is 5.75. The van der Waals surface area contributed by atoms with Gasteiger partial charge in [-0.1, -0.05) is 25.5 Å². The zero-order chi connectivity index (χ0) is 10.9. The van der Waals surface area contributed by atoms with Crippen LogP contribution in [0.15, 0.2) is 24.3 Å². The number of rotatable bonds is 7. The SMILES string of the molecule is CCCCSCCOc1ccccc1N. The number of benzene rings is 1. The quantitative estimate of drug-likeness (QED) is 0.572. The summed E-state index contributed by atoms with van der Waals surface area (Å²) in [5.74, 6) is 3.06. The Morgan fingerprint density at radius 3 is 2.80 bits per heavy atom. The lowest BCUT2D eigenvalue weighted by Crippen LogP contribution is -2.02. The fourth-order valence-electron chi connectivity index (χ4n) is 1.17. The first-order valence-electron chi connectivity index (χ1n) is 5.39. The maximum absolute atomic E-state index is 5.75. The fraction of sp³-hybridized carbons (Fsp3) is 0.500. The van der Waals surface area contributed by atoms with Crippen molar-refractivity contribution in [3.8, 4) is 5.75 Å². The molecular formula is C12H19NOS. The van der Waals surface area contributed by atoms with Crippen molar-refractivity contribution in [1.82, 2.24) is 0 Å². The average Bonchev–Trinajstić information content (AvgIpc) is 2.25. The molecule has 0 unspecified atom stereocenters. The van der Waals surface area contributed by atoms with Gasteiger partial charge in [0.05, 0.1) is 12.3 Å². The van der Waals surface area contributed by atoms with Crippen LogP contribution in [0.5, 0.6) is 5.75 Å². The summed E-state index contributed by atoms with van der Waals surface area (Å²) in [6.45, 7) is 2.95. The molecule has 0 saturated heterocycles. The summed E-state index contributed by atoms with van der Waals surface area (Å²) in [4.78, 5) is 0. The highest BCUT2D eigenvalue weighted by Gasteiger charge is 1.97. The number of thioether (sulfide) groups is 1. The molecule has 15 heavy (non-hydrogen) atoms. The Morgan fingerprint density at radius 1 is 1.27 bits per heavy atom. The summed E-state index contributed by atoms with van der Waals surface area (Å²) in [5.41, 5.74) is 6.47. The van der Waals surface area contributed by atoms with Crippen LogP contribution < -0.4 is 10.5 Å². The van der Waals surface area contributed by atoms with Crippen molar-refractivity contribution in [3.63, 3.8) is 0 Å². The number of anilines is 1. The summed E-state index contributed by atoms with van der Waals surface area (Å²) >= 11 is 1.94. The molecule has 0 radical (unpaired) electrons. The van der Waals surface area contributed by atoms with Crippen LogP contribution in [0, 0.1) is 0 Å². The van der Waals surface area contributed by atoms with Crippen molar-refractivity contribution in [1.29, 1.82) is 0 Å². The minimum atomic E-state index is 0.719. The van der Waals surface area contributed by atoms with E-state index >= 15 is 0 Å². The summed E-state index contributed by atoms with van der Waals surface area (Å²) in [6.07, 6.45) is 2.55. The lowest BCUT2D eigenvalue weighted by molar-refractivity contribution is 0.346. The molecule has 1 rings (SSSR count). The number of para-hydroxylation sites is 2. The molecule has 0 spiro atoms. The topological polar surface area (TPSA) is 35.2 Å². The van der Waals surface area contributed by atoms with Crippen molar-refractivity contribution < 1.29 is 4.74 Å². The van der Waals surface area contributed by atoms with Crippen LogP contribution in [-0.4, -0.2) is 18.1 Å². The molecule has 0 aliphatic carbocycles. The first kappa shape index (κ1) is 12.2. The molecule has 3 heteroatoms. The first-order valence-corrected chi connectivity index (χ1v) is 6.55. The molecule has 0 saturated carbocycles. The summed E-state index contributed by atoms with van der Waals surface area (Å²) < 4.78 is 5.57. The van der Waals surface area contributed by atoms with E-state index in [1.165, 1.54) is 18.6 Å². The molecule has 2 nitrogen and oxygen atoms in total. The van der Waals surface area contributed by atoms with Crippen molar-refractivity contribution in [2.75, 3.05) is 23.8 Å². The third-order valence-electron chi connectivity index (χ3n) is 2.05. The van der Waals surface area contributed by atoms with E-state index in [-0.39, 0.29) is 0 Å². The van der Waals surface area contributed by atoms with E-state index < -0.39 is 0 Å². The van der Waals surface area contributed by atoms with Crippen LogP contribution in [0.2, 0.25) is 0 Å². The summed E-state index contributed by atoms with van der Waals surface area (Å²) in [5, 5.41) is 0. The molecule has 0 fully saturated rings. The van der Waals surface area contributed by atoms with Crippen LogP contribution in [-0.2, 0) is 0 Å². The third-order valence-corrected chi connectivity index (χ3v) is 3.08. The van der Waals surface area contributed by atoms with Gasteiger partial charge in [-0.25, -0.2) is 0 Å². The molecule has 0 aromatic heterocycles. The van der Waals surface area contributed by atoms with Crippen LogP contribution >= 0.6 is 11.8 Å². The zero-order valence-corrected chi connectivity index (χ0v) is 10.1. The van der Waals surface area contributed by atoms with E-state index in [1.54, 1.807) is 0 Å². The molecule has 0 heterocycles. The molecule has 1 aromatic carbocycles. The number of nitrogen functional groups attached to an aromatic ring is 1. The number of hydrogen-bond donors (Lipinski definition) is 1. The van der Waals surface area contributed by atoms with Gasteiger partial charge in [0.2, 0.25) is 0 Å². The highest BCUT2D eigenvalue weighted by atomic mass is 32.2. The molecule has 0 atom stereocenters. The lowest BCUT2D eigenvalue weighted by Gasteiger charge is -2.07. The van der Waals surface area contributed by atoms with Gasteiger partial charge in [0.1, 0.15) is 5.75 Å². The molecule has 0 amide bonds. The monoisotopic (exact) mass is 225 g/mol. The number of ether oxygens (including phenoxy) is 1. The Hall–Kier alpha value is -0.830. The van der Waals surface area contributed by atoms with E-state index in [2.05, 4.69) is 6.92 Å². The lowest BCUT2D eigenvalue weighted by atomic mass is 10.3. The van der Waals surface area contributed by atoms with Gasteiger partial charge in [-0.2, -0.15) is 11.8 Å². The van der Waals surface area contributed by atoms with E-state index in [0.29, 0.717) is 0 Å². The Bertz CT molecular complexity index is 278. The van der Waals surface area contributed by atoms with Gasteiger partial charge in [0, 0.05) is 5.75 Å². The Labute approximate surface area is 96.2 Å². The molecule has 2 N–H and O–H groups in total. The standard InChI is InChI=1S/C12H19NOS/c1-2-3-9-15-10-8-14-12-7-5-4-6-11(12)13/h4-7H,2-3,8-10,13H2,1H3. The second kappa shape index (κ2) is 7.46. The second-order valence-corrected chi connectivity index (χ2v) is 4.58. The first-order chi connectivity index (χ1) is 7.34. The minimum absolute atomic E-state index is 0.719. The van der Waals surface area contributed by atoms with Gasteiger partial charge in [0.15, 0.2) is 0 Å². The number of unbranched alkanes of at least 4 members (excludes halogenated alkanes) is 1. The predicted octanol–water partition coefficient (Wildman–Crippen LogP) is 3.18. The third kappa shape index (κ3) is 4.98. The largest absolute Gasteiger partial charge is 0.491 e. The molecule has 1 aromatic rings. The van der Waals surface area contributed by atoms with Crippen molar-refractivity contribution >= 4 is 17.4 Å². The van der Waals surface area contributed by atoms with Crippen LogP contribution in [0.25, 0.3) is 0 Å². The fourth-order valence-corrected chi connectivity index (χ4v) is 2.07. The maximum Gasteiger partial charge on any atom is 0.142 e. The van der Waals surface area contributed by atoms with Gasteiger partial charge in [-0.15, -0.1) is 0 Å². The van der Waals surface area contributed by atoms with Gasteiger partial charge in [0.25, 0.3) is 0 Å². The second-order valence-electron chi connectivity index (χ2n) is 3.35. The van der Waals surface area contributed by atoms with E-state index in [1.807, 2.05) is 36.0 Å². The average molecular weight is 225 g/mol. The Morgan fingerprint density at radius 2 is 2.07 bits per heavy atom. The molecule has 0 bridgehead atoms. The van der Waals surface area contributed by atoms with E-state index in [9.17, 15) is 0 Å². The van der Waals surface area contributed by atoms with Gasteiger partial charge in [-0.3, -0.25) is 0 Å².